The van der Waals surface area contributed by atoms with Crippen molar-refractivity contribution < 1.29 is 18.7 Å². The molecular weight excluding hydrogens is 312 g/mol. The molecule has 3 nitrogen and oxygen atoms in total. The van der Waals surface area contributed by atoms with E-state index >= 15 is 0 Å². The predicted octanol–water partition coefficient (Wildman–Crippen LogP) is 4.32. The first-order chi connectivity index (χ1) is 11.5. The van der Waals surface area contributed by atoms with E-state index < -0.39 is 5.97 Å². The molecule has 0 saturated heterocycles. The van der Waals surface area contributed by atoms with E-state index in [1.165, 1.54) is 24.3 Å². The predicted molar refractivity (Wildman–Crippen MR) is 86.4 cm³/mol. The number of carboxylic acid groups (broad SMARTS) is 1. The van der Waals surface area contributed by atoms with Gasteiger partial charge in [0.2, 0.25) is 0 Å². The summed E-state index contributed by atoms with van der Waals surface area (Å²) in [7, 11) is 0. The fraction of sp³-hybridized carbons (Fsp3) is 0.0526. The third-order valence-corrected chi connectivity index (χ3v) is 3.52. The maximum Gasteiger partial charge on any atom is 0.307 e. The van der Waals surface area contributed by atoms with Gasteiger partial charge in [0, 0.05) is 11.1 Å². The Balaban J connectivity index is 2.11. The fourth-order valence-electron chi connectivity index (χ4n) is 2.40. The number of hydrogen-bond donors (Lipinski definition) is 1. The van der Waals surface area contributed by atoms with E-state index in [1.54, 1.807) is 36.4 Å². The van der Waals surface area contributed by atoms with Gasteiger partial charge in [0.1, 0.15) is 11.6 Å². The van der Waals surface area contributed by atoms with Gasteiger partial charge in [-0.2, -0.15) is 0 Å². The quantitative estimate of drug-likeness (QED) is 0.777. The minimum atomic E-state index is -0.962. The van der Waals surface area contributed by atoms with Crippen LogP contribution in [0.3, 0.4) is 0 Å². The van der Waals surface area contributed by atoms with Crippen LogP contribution in [0.5, 0.6) is 0 Å². The van der Waals surface area contributed by atoms with Gasteiger partial charge >= 0.3 is 5.97 Å². The van der Waals surface area contributed by atoms with Crippen molar-refractivity contribution in [2.24, 2.45) is 0 Å². The van der Waals surface area contributed by atoms with Crippen molar-refractivity contribution in [3.63, 3.8) is 0 Å². The topological polar surface area (TPSA) is 50.2 Å². The van der Waals surface area contributed by atoms with Gasteiger partial charge in [-0.15, -0.1) is 0 Å². The highest BCUT2D eigenvalue weighted by atomic mass is 19.1. The summed E-state index contributed by atoms with van der Waals surface area (Å²) in [5.74, 6) is -1.69. The Bertz CT molecular complexity index is 811. The van der Waals surface area contributed by atoms with E-state index in [0.717, 1.165) is 0 Å². The van der Waals surface area contributed by atoms with Crippen LogP contribution in [-0.2, 0) is 11.2 Å². The zero-order chi connectivity index (χ0) is 17.1. The van der Waals surface area contributed by atoms with Gasteiger partial charge < -0.3 is 5.11 Å². The monoisotopic (exact) mass is 325 g/mol. The van der Waals surface area contributed by atoms with Crippen molar-refractivity contribution in [2.75, 3.05) is 0 Å². The standard InChI is InChI=1S/C19H13F2NO2/c20-15-5-1-13(2-6-15)17-9-12(11-19(23)24)10-18(22-17)14-3-7-16(21)8-4-14/h1-10H,11H2,(H,23,24). The highest BCUT2D eigenvalue weighted by Gasteiger charge is 2.10. The summed E-state index contributed by atoms with van der Waals surface area (Å²) in [6.45, 7) is 0. The third kappa shape index (κ3) is 3.63. The molecule has 0 aliphatic heterocycles. The van der Waals surface area contributed by atoms with Gasteiger partial charge in [0.25, 0.3) is 0 Å². The van der Waals surface area contributed by atoms with Crippen molar-refractivity contribution in [1.29, 1.82) is 0 Å². The Kier molecular flexibility index (Phi) is 4.33. The van der Waals surface area contributed by atoms with E-state index in [2.05, 4.69) is 4.98 Å². The Labute approximate surface area is 137 Å². The second kappa shape index (κ2) is 6.58. The van der Waals surface area contributed by atoms with Crippen molar-refractivity contribution in [1.82, 2.24) is 4.98 Å². The number of pyridine rings is 1. The SMILES string of the molecule is O=C(O)Cc1cc(-c2ccc(F)cc2)nc(-c2ccc(F)cc2)c1. The molecule has 0 aliphatic carbocycles. The highest BCUT2D eigenvalue weighted by Crippen LogP contribution is 2.25. The number of aliphatic carboxylic acids is 1. The normalized spacial score (nSPS) is 10.6. The molecular formula is C19H13F2NO2. The van der Waals surface area contributed by atoms with E-state index in [0.29, 0.717) is 28.1 Å². The smallest absolute Gasteiger partial charge is 0.307 e. The number of rotatable bonds is 4. The van der Waals surface area contributed by atoms with Crippen LogP contribution < -0.4 is 0 Å². The average molecular weight is 325 g/mol. The molecule has 1 heterocycles. The summed E-state index contributed by atoms with van der Waals surface area (Å²) in [6, 6.07) is 14.9. The van der Waals surface area contributed by atoms with E-state index in [4.69, 9.17) is 5.11 Å². The van der Waals surface area contributed by atoms with Crippen LogP contribution in [0.25, 0.3) is 22.5 Å². The number of carboxylic acids is 1. The number of carbonyl (C=O) groups is 1. The summed E-state index contributed by atoms with van der Waals surface area (Å²) in [5.41, 5.74) is 2.98. The first-order valence-corrected chi connectivity index (χ1v) is 7.26. The lowest BCUT2D eigenvalue weighted by molar-refractivity contribution is -0.136. The zero-order valence-corrected chi connectivity index (χ0v) is 12.5. The second-order valence-corrected chi connectivity index (χ2v) is 5.33. The molecule has 0 aliphatic rings. The molecule has 0 unspecified atom stereocenters. The minimum absolute atomic E-state index is 0.162. The molecule has 120 valence electrons. The van der Waals surface area contributed by atoms with Crippen LogP contribution in [0, 0.1) is 11.6 Å². The summed E-state index contributed by atoms with van der Waals surface area (Å²) in [6.07, 6.45) is -0.162. The van der Waals surface area contributed by atoms with Crippen LogP contribution >= 0.6 is 0 Å². The van der Waals surface area contributed by atoms with Gasteiger partial charge in [-0.3, -0.25) is 4.79 Å². The van der Waals surface area contributed by atoms with E-state index in [9.17, 15) is 13.6 Å². The summed E-state index contributed by atoms with van der Waals surface area (Å²) in [5, 5.41) is 9.04. The summed E-state index contributed by atoms with van der Waals surface area (Å²) < 4.78 is 26.2. The number of hydrogen-bond acceptors (Lipinski definition) is 2. The number of benzene rings is 2. The Morgan fingerprint density at radius 2 is 1.25 bits per heavy atom. The fourth-order valence-corrected chi connectivity index (χ4v) is 2.40. The second-order valence-electron chi connectivity index (χ2n) is 5.33. The lowest BCUT2D eigenvalue weighted by Gasteiger charge is -2.09. The molecule has 0 spiro atoms. The molecule has 0 fully saturated rings. The van der Waals surface area contributed by atoms with Crippen LogP contribution in [0.4, 0.5) is 8.78 Å². The molecule has 0 radical (unpaired) electrons. The first kappa shape index (κ1) is 15.8. The molecule has 2 aromatic carbocycles. The van der Waals surface area contributed by atoms with Gasteiger partial charge in [-0.1, -0.05) is 0 Å². The lowest BCUT2D eigenvalue weighted by atomic mass is 10.0. The summed E-state index contributed by atoms with van der Waals surface area (Å²) >= 11 is 0. The molecule has 3 rings (SSSR count). The van der Waals surface area contributed by atoms with Crippen molar-refractivity contribution in [3.05, 3.63) is 77.9 Å². The van der Waals surface area contributed by atoms with Gasteiger partial charge in [-0.25, -0.2) is 13.8 Å². The Morgan fingerprint density at radius 1 is 0.833 bits per heavy atom. The van der Waals surface area contributed by atoms with Gasteiger partial charge in [0.15, 0.2) is 0 Å². The maximum absolute atomic E-state index is 13.1. The van der Waals surface area contributed by atoms with Gasteiger partial charge in [0.05, 0.1) is 17.8 Å². The highest BCUT2D eigenvalue weighted by molar-refractivity contribution is 5.73. The molecule has 0 bridgehead atoms. The van der Waals surface area contributed by atoms with Crippen LogP contribution in [0.1, 0.15) is 5.56 Å². The molecule has 5 heteroatoms. The van der Waals surface area contributed by atoms with Crippen LogP contribution in [-0.4, -0.2) is 16.1 Å². The van der Waals surface area contributed by atoms with Crippen molar-refractivity contribution >= 4 is 5.97 Å². The van der Waals surface area contributed by atoms with E-state index in [-0.39, 0.29) is 18.1 Å². The number of aromatic nitrogens is 1. The molecule has 0 saturated carbocycles. The summed E-state index contributed by atoms with van der Waals surface area (Å²) in [4.78, 5) is 15.5. The minimum Gasteiger partial charge on any atom is -0.481 e. The number of nitrogens with zero attached hydrogens (tertiary/aromatic N) is 1. The van der Waals surface area contributed by atoms with Crippen LogP contribution in [0.2, 0.25) is 0 Å². The Morgan fingerprint density at radius 3 is 1.62 bits per heavy atom. The van der Waals surface area contributed by atoms with Crippen molar-refractivity contribution in [3.8, 4) is 22.5 Å². The van der Waals surface area contributed by atoms with Gasteiger partial charge in [-0.05, 0) is 66.2 Å². The van der Waals surface area contributed by atoms with E-state index in [1.807, 2.05) is 0 Å². The molecule has 1 N–H and O–H groups in total. The molecule has 24 heavy (non-hydrogen) atoms. The maximum atomic E-state index is 13.1. The lowest BCUT2D eigenvalue weighted by Crippen LogP contribution is -2.02. The Hall–Kier alpha value is -3.08. The van der Waals surface area contributed by atoms with Crippen LogP contribution in [0.15, 0.2) is 60.7 Å². The van der Waals surface area contributed by atoms with Crippen molar-refractivity contribution in [2.45, 2.75) is 6.42 Å². The average Bonchev–Trinajstić information content (AvgIpc) is 2.55. The third-order valence-electron chi connectivity index (χ3n) is 3.52. The number of halogens is 2. The largest absolute Gasteiger partial charge is 0.481 e. The molecule has 3 aromatic rings. The zero-order valence-electron chi connectivity index (χ0n) is 12.5. The first-order valence-electron chi connectivity index (χ1n) is 7.26. The molecule has 0 amide bonds. The molecule has 1 aromatic heterocycles. The molecule has 0 atom stereocenters.